The Morgan fingerprint density at radius 1 is 0.808 bits per heavy atom. The van der Waals surface area contributed by atoms with Crippen LogP contribution in [0, 0.1) is 17.8 Å². The highest BCUT2D eigenvalue weighted by Gasteiger charge is 2.35. The van der Waals surface area contributed by atoms with E-state index in [4.69, 9.17) is 0 Å². The lowest BCUT2D eigenvalue weighted by Gasteiger charge is -2.17. The lowest BCUT2D eigenvalue weighted by molar-refractivity contribution is 0.357. The number of benzene rings is 1. The van der Waals surface area contributed by atoms with Crippen LogP contribution in [-0.2, 0) is 12.8 Å². The molecule has 0 spiro atoms. The molecule has 1 fully saturated rings. The Bertz CT molecular complexity index is 527. The van der Waals surface area contributed by atoms with Gasteiger partial charge in [-0.3, -0.25) is 0 Å². The van der Waals surface area contributed by atoms with Gasteiger partial charge < -0.3 is 0 Å². The number of hydrogen-bond donors (Lipinski definition) is 0. The van der Waals surface area contributed by atoms with Crippen molar-refractivity contribution in [3.05, 3.63) is 34.9 Å². The molecule has 1 aromatic rings. The third-order valence-corrected chi connectivity index (χ3v) is 6.31. The van der Waals surface area contributed by atoms with Gasteiger partial charge in [0.15, 0.2) is 0 Å². The summed E-state index contributed by atoms with van der Waals surface area (Å²) in [6, 6.07) is 7.18. The zero-order chi connectivity index (χ0) is 19.0. The molecule has 2 rings (SSSR count). The standard InChI is InChI=1S/C26H44/c1-22-15-16-23(13-10-8-12-18-26(5)19-20-26)24(21-22)14-9-6-7-11-17-25(2,3)4/h15-16,21H,6-14,17-20H2,1-5H3. The lowest BCUT2D eigenvalue weighted by atomic mass is 9.89. The molecule has 1 saturated carbocycles. The molecule has 148 valence electrons. The second-order valence-corrected chi connectivity index (χ2v) is 10.6. The van der Waals surface area contributed by atoms with Gasteiger partial charge in [-0.15, -0.1) is 0 Å². The van der Waals surface area contributed by atoms with Crippen molar-refractivity contribution in [2.45, 2.75) is 118 Å². The fourth-order valence-electron chi connectivity index (χ4n) is 4.06. The normalized spacial score (nSPS) is 16.0. The van der Waals surface area contributed by atoms with Crippen LogP contribution < -0.4 is 0 Å². The van der Waals surface area contributed by atoms with Crippen molar-refractivity contribution >= 4 is 0 Å². The van der Waals surface area contributed by atoms with Crippen molar-refractivity contribution in [2.24, 2.45) is 10.8 Å². The van der Waals surface area contributed by atoms with Gasteiger partial charge >= 0.3 is 0 Å². The molecule has 26 heavy (non-hydrogen) atoms. The van der Waals surface area contributed by atoms with E-state index in [1.807, 2.05) is 0 Å². The fourth-order valence-corrected chi connectivity index (χ4v) is 4.06. The van der Waals surface area contributed by atoms with E-state index >= 15 is 0 Å². The molecule has 1 aromatic carbocycles. The Kier molecular flexibility index (Phi) is 8.24. The zero-order valence-corrected chi connectivity index (χ0v) is 18.4. The minimum Gasteiger partial charge on any atom is -0.0602 e. The topological polar surface area (TPSA) is 0 Å². The summed E-state index contributed by atoms with van der Waals surface area (Å²) in [6.07, 6.45) is 18.1. The maximum Gasteiger partial charge on any atom is -0.0276 e. The van der Waals surface area contributed by atoms with Gasteiger partial charge in [0.1, 0.15) is 0 Å². The van der Waals surface area contributed by atoms with Crippen LogP contribution in [0.2, 0.25) is 0 Å². The van der Waals surface area contributed by atoms with E-state index in [0.717, 1.165) is 5.41 Å². The molecule has 0 unspecified atom stereocenters. The van der Waals surface area contributed by atoms with Crippen LogP contribution in [-0.4, -0.2) is 0 Å². The third kappa shape index (κ3) is 8.74. The van der Waals surface area contributed by atoms with Crippen molar-refractivity contribution < 1.29 is 0 Å². The van der Waals surface area contributed by atoms with E-state index in [1.165, 1.54) is 89.0 Å². The fraction of sp³-hybridized carbons (Fsp3) is 0.769. The van der Waals surface area contributed by atoms with Gasteiger partial charge in [-0.25, -0.2) is 0 Å². The van der Waals surface area contributed by atoms with Crippen molar-refractivity contribution in [1.82, 2.24) is 0 Å². The van der Waals surface area contributed by atoms with Crippen LogP contribution in [0.1, 0.15) is 115 Å². The largest absolute Gasteiger partial charge is 0.0602 e. The van der Waals surface area contributed by atoms with Crippen LogP contribution >= 0.6 is 0 Å². The first-order chi connectivity index (χ1) is 12.3. The van der Waals surface area contributed by atoms with Crippen LogP contribution in [0.25, 0.3) is 0 Å². The smallest absolute Gasteiger partial charge is 0.0276 e. The molecule has 0 heteroatoms. The second-order valence-electron chi connectivity index (χ2n) is 10.6. The summed E-state index contributed by atoms with van der Waals surface area (Å²) in [5, 5.41) is 0. The Labute approximate surface area is 164 Å². The molecule has 0 saturated heterocycles. The van der Waals surface area contributed by atoms with Crippen molar-refractivity contribution in [3.63, 3.8) is 0 Å². The third-order valence-electron chi connectivity index (χ3n) is 6.31. The predicted molar refractivity (Wildman–Crippen MR) is 117 cm³/mol. The summed E-state index contributed by atoms with van der Waals surface area (Å²) in [7, 11) is 0. The molecule has 0 nitrogen and oxygen atoms in total. The quantitative estimate of drug-likeness (QED) is 0.329. The van der Waals surface area contributed by atoms with Gasteiger partial charge in [-0.05, 0) is 80.2 Å². The summed E-state index contributed by atoms with van der Waals surface area (Å²) in [5.41, 5.74) is 5.93. The molecular weight excluding hydrogens is 312 g/mol. The minimum atomic E-state index is 0.501. The predicted octanol–water partition coefficient (Wildman–Crippen LogP) is 8.44. The van der Waals surface area contributed by atoms with E-state index in [1.54, 1.807) is 11.1 Å². The Hall–Kier alpha value is -0.780. The first-order valence-electron chi connectivity index (χ1n) is 11.4. The molecular formula is C26H44. The van der Waals surface area contributed by atoms with Crippen molar-refractivity contribution in [3.8, 4) is 0 Å². The van der Waals surface area contributed by atoms with E-state index in [9.17, 15) is 0 Å². The van der Waals surface area contributed by atoms with E-state index in [0.29, 0.717) is 5.41 Å². The van der Waals surface area contributed by atoms with Gasteiger partial charge in [0.25, 0.3) is 0 Å². The molecule has 0 aliphatic heterocycles. The summed E-state index contributed by atoms with van der Waals surface area (Å²) < 4.78 is 0. The summed E-state index contributed by atoms with van der Waals surface area (Å²) >= 11 is 0. The Morgan fingerprint density at radius 2 is 1.42 bits per heavy atom. The molecule has 0 N–H and O–H groups in total. The summed E-state index contributed by atoms with van der Waals surface area (Å²) in [4.78, 5) is 0. The average molecular weight is 357 g/mol. The maximum atomic E-state index is 2.46. The van der Waals surface area contributed by atoms with E-state index in [2.05, 4.69) is 52.8 Å². The highest BCUT2D eigenvalue weighted by atomic mass is 14.4. The van der Waals surface area contributed by atoms with Gasteiger partial charge in [-0.1, -0.05) is 83.6 Å². The second kappa shape index (κ2) is 9.95. The van der Waals surface area contributed by atoms with Crippen LogP contribution in [0.15, 0.2) is 18.2 Å². The molecule has 0 amide bonds. The van der Waals surface area contributed by atoms with Gasteiger partial charge in [0, 0.05) is 0 Å². The first kappa shape index (κ1) is 21.5. The van der Waals surface area contributed by atoms with Crippen molar-refractivity contribution in [1.29, 1.82) is 0 Å². The van der Waals surface area contributed by atoms with Gasteiger partial charge in [-0.2, -0.15) is 0 Å². The maximum absolute atomic E-state index is 2.46. The van der Waals surface area contributed by atoms with E-state index in [-0.39, 0.29) is 0 Å². The first-order valence-corrected chi connectivity index (χ1v) is 11.4. The van der Waals surface area contributed by atoms with Crippen LogP contribution in [0.5, 0.6) is 0 Å². The van der Waals surface area contributed by atoms with Crippen molar-refractivity contribution in [2.75, 3.05) is 0 Å². The average Bonchev–Trinajstić information content (AvgIpc) is 3.29. The molecule has 0 heterocycles. The number of rotatable bonds is 12. The molecule has 0 aromatic heterocycles. The summed E-state index contributed by atoms with van der Waals surface area (Å²) in [6.45, 7) is 11.8. The van der Waals surface area contributed by atoms with Gasteiger partial charge in [0.05, 0.1) is 0 Å². The highest BCUT2D eigenvalue weighted by molar-refractivity contribution is 5.31. The molecule has 1 aliphatic rings. The lowest BCUT2D eigenvalue weighted by Crippen LogP contribution is -2.04. The molecule has 0 radical (unpaired) electrons. The van der Waals surface area contributed by atoms with Crippen LogP contribution in [0.4, 0.5) is 0 Å². The van der Waals surface area contributed by atoms with Crippen LogP contribution in [0.3, 0.4) is 0 Å². The summed E-state index contributed by atoms with van der Waals surface area (Å²) in [5.74, 6) is 0. The van der Waals surface area contributed by atoms with E-state index < -0.39 is 0 Å². The zero-order valence-electron chi connectivity index (χ0n) is 18.4. The number of unbranched alkanes of at least 4 members (excludes halogenated alkanes) is 5. The number of aryl methyl sites for hydroxylation is 3. The Balaban J connectivity index is 1.67. The highest BCUT2D eigenvalue weighted by Crippen LogP contribution is 2.49. The SMILES string of the molecule is Cc1ccc(CCCCCC2(C)CC2)c(CCCCCCC(C)(C)C)c1. The monoisotopic (exact) mass is 356 g/mol. The number of hydrogen-bond acceptors (Lipinski definition) is 0. The molecule has 0 bridgehead atoms. The molecule has 1 aliphatic carbocycles. The molecule has 0 atom stereocenters. The minimum absolute atomic E-state index is 0.501. The Morgan fingerprint density at radius 3 is 2.08 bits per heavy atom. The van der Waals surface area contributed by atoms with Gasteiger partial charge in [0.2, 0.25) is 0 Å².